The Morgan fingerprint density at radius 1 is 1.08 bits per heavy atom. The molecule has 0 amide bonds. The van der Waals surface area contributed by atoms with Crippen LogP contribution in [0.15, 0.2) is 23.3 Å². The summed E-state index contributed by atoms with van der Waals surface area (Å²) in [6, 6.07) is 2.15. The van der Waals surface area contributed by atoms with E-state index in [-0.39, 0.29) is 0 Å². The smallest absolute Gasteiger partial charge is 0.0990 e. The fraction of sp³-hybridized carbons (Fsp3) is 0.583. The van der Waals surface area contributed by atoms with Crippen LogP contribution in [-0.2, 0) is 0 Å². The van der Waals surface area contributed by atoms with Crippen molar-refractivity contribution in [3.63, 3.8) is 0 Å². The Hall–Kier alpha value is -1.03. The van der Waals surface area contributed by atoms with Gasteiger partial charge in [-0.2, -0.15) is 5.26 Å². The van der Waals surface area contributed by atoms with E-state index in [0.717, 1.165) is 24.0 Å². The molecule has 13 heavy (non-hydrogen) atoms. The Morgan fingerprint density at radius 2 is 1.54 bits per heavy atom. The molecule has 0 N–H and O–H groups in total. The summed E-state index contributed by atoms with van der Waals surface area (Å²) in [5, 5.41) is 8.50. The SMILES string of the molecule is CC.CC.CC1=CCCC=C1C#N. The molecule has 1 rings (SSSR count). The van der Waals surface area contributed by atoms with E-state index in [1.807, 2.05) is 40.7 Å². The molecular weight excluding hydrogens is 158 g/mol. The van der Waals surface area contributed by atoms with Gasteiger partial charge in [0.2, 0.25) is 0 Å². The summed E-state index contributed by atoms with van der Waals surface area (Å²) >= 11 is 0. The van der Waals surface area contributed by atoms with E-state index >= 15 is 0 Å². The van der Waals surface area contributed by atoms with E-state index < -0.39 is 0 Å². The van der Waals surface area contributed by atoms with Crippen LogP contribution in [0.4, 0.5) is 0 Å². The highest BCUT2D eigenvalue weighted by molar-refractivity contribution is 5.42. The molecule has 1 heteroatoms. The van der Waals surface area contributed by atoms with Crippen LogP contribution < -0.4 is 0 Å². The van der Waals surface area contributed by atoms with Crippen molar-refractivity contribution in [2.45, 2.75) is 47.5 Å². The van der Waals surface area contributed by atoms with E-state index in [9.17, 15) is 0 Å². The van der Waals surface area contributed by atoms with Crippen molar-refractivity contribution in [1.82, 2.24) is 0 Å². The second kappa shape index (κ2) is 11.0. The molecule has 0 aliphatic heterocycles. The summed E-state index contributed by atoms with van der Waals surface area (Å²) in [6.07, 6.45) is 6.23. The first kappa shape index (κ1) is 14.5. The monoisotopic (exact) mass is 179 g/mol. The summed E-state index contributed by atoms with van der Waals surface area (Å²) in [5.41, 5.74) is 1.98. The van der Waals surface area contributed by atoms with Crippen LogP contribution in [0.2, 0.25) is 0 Å². The maximum atomic E-state index is 8.50. The van der Waals surface area contributed by atoms with Gasteiger partial charge in [-0.15, -0.1) is 0 Å². The van der Waals surface area contributed by atoms with Crippen LogP contribution in [0.1, 0.15) is 47.5 Å². The maximum absolute atomic E-state index is 8.50. The second-order valence-electron chi connectivity index (χ2n) is 2.19. The van der Waals surface area contributed by atoms with Gasteiger partial charge >= 0.3 is 0 Å². The number of nitrogens with zero attached hydrogens (tertiary/aromatic N) is 1. The molecule has 0 atom stereocenters. The molecule has 0 saturated heterocycles. The van der Waals surface area contributed by atoms with Gasteiger partial charge in [0, 0.05) is 0 Å². The molecule has 0 spiro atoms. The molecule has 0 aromatic rings. The standard InChI is InChI=1S/C8H9N.2C2H6/c1-7-4-2-3-5-8(7)6-9;2*1-2/h4-5H,2-3H2,1H3;2*1-2H3. The fourth-order valence-electron chi connectivity index (χ4n) is 0.932. The lowest BCUT2D eigenvalue weighted by Crippen LogP contribution is -1.87. The normalized spacial score (nSPS) is 13.2. The first-order chi connectivity index (χ1) is 6.34. The second-order valence-corrected chi connectivity index (χ2v) is 2.19. The van der Waals surface area contributed by atoms with E-state index in [2.05, 4.69) is 12.1 Å². The van der Waals surface area contributed by atoms with Crippen LogP contribution in [0.3, 0.4) is 0 Å². The number of hydrogen-bond acceptors (Lipinski definition) is 1. The largest absolute Gasteiger partial charge is 0.192 e. The van der Waals surface area contributed by atoms with Gasteiger partial charge in [-0.3, -0.25) is 0 Å². The molecule has 0 bridgehead atoms. The molecule has 0 fully saturated rings. The average Bonchev–Trinajstić information content (AvgIpc) is 2.24. The highest BCUT2D eigenvalue weighted by atomic mass is 14.2. The van der Waals surface area contributed by atoms with Crippen molar-refractivity contribution < 1.29 is 0 Å². The summed E-state index contributed by atoms with van der Waals surface area (Å²) in [4.78, 5) is 0. The first-order valence-corrected chi connectivity index (χ1v) is 5.12. The molecule has 0 saturated carbocycles. The average molecular weight is 179 g/mol. The molecule has 0 aromatic heterocycles. The maximum Gasteiger partial charge on any atom is 0.0990 e. The van der Waals surface area contributed by atoms with Gasteiger partial charge in [-0.1, -0.05) is 39.8 Å². The predicted octanol–water partition coefficient (Wildman–Crippen LogP) is 4.23. The van der Waals surface area contributed by atoms with Gasteiger partial charge in [-0.25, -0.2) is 0 Å². The topological polar surface area (TPSA) is 23.8 Å². The van der Waals surface area contributed by atoms with Crippen LogP contribution in [0, 0.1) is 11.3 Å². The number of nitriles is 1. The molecule has 1 aliphatic rings. The Labute approximate surface area is 82.8 Å². The van der Waals surface area contributed by atoms with Gasteiger partial charge in [0.15, 0.2) is 0 Å². The van der Waals surface area contributed by atoms with Crippen molar-refractivity contribution in [3.8, 4) is 6.07 Å². The molecule has 1 aliphatic carbocycles. The number of rotatable bonds is 0. The summed E-state index contributed by atoms with van der Waals surface area (Å²) in [6.45, 7) is 9.98. The number of hydrogen-bond donors (Lipinski definition) is 0. The minimum absolute atomic E-state index is 0.848. The van der Waals surface area contributed by atoms with Crippen LogP contribution >= 0.6 is 0 Å². The molecule has 0 radical (unpaired) electrons. The predicted molar refractivity (Wildman–Crippen MR) is 59.4 cm³/mol. The van der Waals surface area contributed by atoms with E-state index in [1.165, 1.54) is 0 Å². The lowest BCUT2D eigenvalue weighted by atomic mass is 10.0. The third kappa shape index (κ3) is 6.16. The van der Waals surface area contributed by atoms with Gasteiger partial charge in [-0.05, 0) is 25.3 Å². The minimum atomic E-state index is 0.848. The van der Waals surface area contributed by atoms with E-state index in [1.54, 1.807) is 0 Å². The van der Waals surface area contributed by atoms with Crippen molar-refractivity contribution in [2.24, 2.45) is 0 Å². The first-order valence-electron chi connectivity index (χ1n) is 5.12. The summed E-state index contributed by atoms with van der Waals surface area (Å²) in [7, 11) is 0. The zero-order valence-corrected chi connectivity index (χ0v) is 9.52. The van der Waals surface area contributed by atoms with Gasteiger partial charge in [0.1, 0.15) is 0 Å². The van der Waals surface area contributed by atoms with Crippen LogP contribution in [0.5, 0.6) is 0 Å². The van der Waals surface area contributed by atoms with Gasteiger partial charge < -0.3 is 0 Å². The van der Waals surface area contributed by atoms with Crippen molar-refractivity contribution >= 4 is 0 Å². The number of allylic oxidation sites excluding steroid dienone is 4. The van der Waals surface area contributed by atoms with Crippen LogP contribution in [0.25, 0.3) is 0 Å². The molecule has 0 unspecified atom stereocenters. The highest BCUT2D eigenvalue weighted by Crippen LogP contribution is 2.16. The highest BCUT2D eigenvalue weighted by Gasteiger charge is 2.00. The summed E-state index contributed by atoms with van der Waals surface area (Å²) < 4.78 is 0. The molecule has 0 heterocycles. The van der Waals surface area contributed by atoms with Crippen molar-refractivity contribution in [1.29, 1.82) is 5.26 Å². The lowest BCUT2D eigenvalue weighted by Gasteiger charge is -2.03. The quantitative estimate of drug-likeness (QED) is 0.546. The molecule has 74 valence electrons. The Kier molecular flexibility index (Phi) is 12.2. The minimum Gasteiger partial charge on any atom is -0.192 e. The molecule has 1 nitrogen and oxygen atoms in total. The van der Waals surface area contributed by atoms with Crippen molar-refractivity contribution in [3.05, 3.63) is 23.3 Å². The third-order valence-corrected chi connectivity index (χ3v) is 1.51. The Morgan fingerprint density at radius 3 is 1.85 bits per heavy atom. The zero-order valence-electron chi connectivity index (χ0n) is 9.52. The van der Waals surface area contributed by atoms with Gasteiger partial charge in [0.25, 0.3) is 0 Å². The van der Waals surface area contributed by atoms with Crippen LogP contribution in [-0.4, -0.2) is 0 Å². The lowest BCUT2D eigenvalue weighted by molar-refractivity contribution is 1.00. The third-order valence-electron chi connectivity index (χ3n) is 1.51. The summed E-state index contributed by atoms with van der Waals surface area (Å²) in [5.74, 6) is 0. The van der Waals surface area contributed by atoms with E-state index in [0.29, 0.717) is 0 Å². The molecular formula is C12H21N. The Balaban J connectivity index is 0. The van der Waals surface area contributed by atoms with E-state index in [4.69, 9.17) is 5.26 Å². The Bertz CT molecular complexity index is 204. The molecule has 0 aromatic carbocycles. The van der Waals surface area contributed by atoms with Gasteiger partial charge in [0.05, 0.1) is 11.6 Å². The van der Waals surface area contributed by atoms with Crippen molar-refractivity contribution in [2.75, 3.05) is 0 Å². The fourth-order valence-corrected chi connectivity index (χ4v) is 0.932. The zero-order chi connectivity index (χ0) is 10.7.